The first kappa shape index (κ1) is 10.4. The number of carboxylic acid groups (broad SMARTS) is 1. The van der Waals surface area contributed by atoms with E-state index in [4.69, 9.17) is 10.2 Å². The Labute approximate surface area is 46.7 Å². The first-order valence-corrected chi connectivity index (χ1v) is 1.69. The van der Waals surface area contributed by atoms with Gasteiger partial charge in [0.2, 0.25) is 5.72 Å². The fourth-order valence-electron chi connectivity index (χ4n) is 0. The maximum absolute atomic E-state index is 9.65. The Kier molecular flexibility index (Phi) is 3.37. The Morgan fingerprint density at radius 1 is 1.75 bits per heavy atom. The first-order chi connectivity index (χ1) is 2.94. The van der Waals surface area contributed by atoms with Crippen molar-refractivity contribution in [2.24, 2.45) is 5.73 Å². The van der Waals surface area contributed by atoms with Gasteiger partial charge in [0.25, 0.3) is 0 Å². The third-order valence-corrected chi connectivity index (χ3v) is 0.433. The maximum atomic E-state index is 9.65. The molecule has 0 aromatic heterocycles. The molecule has 0 bridgehead atoms. The van der Waals surface area contributed by atoms with E-state index in [0.29, 0.717) is 0 Å². The molecule has 0 radical (unpaired) electrons. The first-order valence-electron chi connectivity index (χ1n) is 1.69. The molecule has 0 aromatic carbocycles. The van der Waals surface area contributed by atoms with Gasteiger partial charge in [-0.15, -0.1) is 0 Å². The average Bonchev–Trinajstić information content (AvgIpc) is 1.31. The van der Waals surface area contributed by atoms with Gasteiger partial charge in [-0.1, -0.05) is 0 Å². The van der Waals surface area contributed by atoms with E-state index < -0.39 is 11.7 Å². The summed E-state index contributed by atoms with van der Waals surface area (Å²) in [6, 6.07) is 0. The van der Waals surface area contributed by atoms with Gasteiger partial charge in [0.1, 0.15) is 0 Å². The standard InChI is InChI=1S/C3H7NO3.H3N/c1-3(4,7)2(5)6;/h7H,4H2,1H3,(H,5,6);1H3. The summed E-state index contributed by atoms with van der Waals surface area (Å²) in [5, 5.41) is 16.1. The average molecular weight is 122 g/mol. The van der Waals surface area contributed by atoms with Crippen LogP contribution in [0.5, 0.6) is 0 Å². The van der Waals surface area contributed by atoms with Crippen molar-refractivity contribution in [1.82, 2.24) is 6.15 Å². The minimum Gasteiger partial charge on any atom is -0.478 e. The molecule has 1 atom stereocenters. The molecule has 0 fully saturated rings. The minimum atomic E-state index is -2.08. The molecular weight excluding hydrogens is 112 g/mol. The summed E-state index contributed by atoms with van der Waals surface area (Å²) in [7, 11) is 0. The molecule has 0 saturated carbocycles. The van der Waals surface area contributed by atoms with Gasteiger partial charge >= 0.3 is 5.97 Å². The summed E-state index contributed by atoms with van der Waals surface area (Å²) in [5.41, 5.74) is 2.55. The van der Waals surface area contributed by atoms with Crippen LogP contribution in [0, 0.1) is 0 Å². The van der Waals surface area contributed by atoms with Crippen molar-refractivity contribution in [3.8, 4) is 0 Å². The molecule has 0 aromatic rings. The lowest BCUT2D eigenvalue weighted by Gasteiger charge is -2.07. The number of hydrogen-bond donors (Lipinski definition) is 4. The van der Waals surface area contributed by atoms with Crippen LogP contribution in [0.25, 0.3) is 0 Å². The normalized spacial score (nSPS) is 15.9. The molecule has 7 N–H and O–H groups in total. The van der Waals surface area contributed by atoms with Gasteiger partial charge < -0.3 is 16.4 Å². The number of rotatable bonds is 1. The van der Waals surface area contributed by atoms with Crippen LogP contribution in [0.15, 0.2) is 0 Å². The van der Waals surface area contributed by atoms with E-state index in [2.05, 4.69) is 5.73 Å². The summed E-state index contributed by atoms with van der Waals surface area (Å²) < 4.78 is 0. The monoisotopic (exact) mass is 122 g/mol. The van der Waals surface area contributed by atoms with Crippen molar-refractivity contribution in [2.75, 3.05) is 0 Å². The molecule has 0 spiro atoms. The van der Waals surface area contributed by atoms with Crippen LogP contribution < -0.4 is 11.9 Å². The quantitative estimate of drug-likeness (QED) is 0.329. The molecule has 0 rings (SSSR count). The third kappa shape index (κ3) is 3.54. The molecule has 8 heavy (non-hydrogen) atoms. The molecular formula is C3H10N2O3. The number of carboxylic acids is 1. The van der Waals surface area contributed by atoms with Gasteiger partial charge in [-0.25, -0.2) is 4.79 Å². The Balaban J connectivity index is 0. The highest BCUT2D eigenvalue weighted by molar-refractivity contribution is 5.75. The molecule has 5 heteroatoms. The van der Waals surface area contributed by atoms with E-state index in [1.165, 1.54) is 0 Å². The van der Waals surface area contributed by atoms with Crippen molar-refractivity contribution in [1.29, 1.82) is 0 Å². The molecule has 0 aliphatic rings. The predicted molar refractivity (Wildman–Crippen MR) is 27.5 cm³/mol. The molecule has 0 amide bonds. The lowest BCUT2D eigenvalue weighted by molar-refractivity contribution is -0.155. The molecule has 0 heterocycles. The van der Waals surface area contributed by atoms with Crippen molar-refractivity contribution >= 4 is 5.97 Å². The van der Waals surface area contributed by atoms with Gasteiger partial charge in [0.15, 0.2) is 0 Å². The number of hydrogen-bond acceptors (Lipinski definition) is 4. The molecule has 0 aliphatic carbocycles. The third-order valence-electron chi connectivity index (χ3n) is 0.433. The summed E-state index contributed by atoms with van der Waals surface area (Å²) in [5.74, 6) is -1.42. The van der Waals surface area contributed by atoms with Crippen LogP contribution in [-0.2, 0) is 4.79 Å². The Morgan fingerprint density at radius 2 is 1.88 bits per heavy atom. The van der Waals surface area contributed by atoms with Crippen molar-refractivity contribution < 1.29 is 15.0 Å². The molecule has 1 unspecified atom stereocenters. The zero-order valence-electron chi connectivity index (χ0n) is 4.59. The van der Waals surface area contributed by atoms with E-state index in [1.807, 2.05) is 0 Å². The summed E-state index contributed by atoms with van der Waals surface area (Å²) in [6.45, 7) is 0.995. The Morgan fingerprint density at radius 3 is 1.88 bits per heavy atom. The van der Waals surface area contributed by atoms with Gasteiger partial charge in [-0.2, -0.15) is 0 Å². The zero-order chi connectivity index (χ0) is 6.08. The summed E-state index contributed by atoms with van der Waals surface area (Å²) >= 11 is 0. The van der Waals surface area contributed by atoms with E-state index in [9.17, 15) is 4.79 Å². The largest absolute Gasteiger partial charge is 0.478 e. The van der Waals surface area contributed by atoms with E-state index >= 15 is 0 Å². The van der Waals surface area contributed by atoms with E-state index in [0.717, 1.165) is 6.92 Å². The molecule has 0 saturated heterocycles. The predicted octanol–water partition coefficient (Wildman–Crippen LogP) is -1.10. The number of carbonyl (C=O) groups is 1. The highest BCUT2D eigenvalue weighted by Gasteiger charge is 2.22. The number of nitrogens with two attached hydrogens (primary N) is 1. The maximum Gasteiger partial charge on any atom is 0.350 e. The number of aliphatic hydroxyl groups is 1. The fourth-order valence-corrected chi connectivity index (χ4v) is 0. The van der Waals surface area contributed by atoms with E-state index in [1.54, 1.807) is 0 Å². The van der Waals surface area contributed by atoms with Crippen LogP contribution in [0.1, 0.15) is 6.92 Å². The second-order valence-corrected chi connectivity index (χ2v) is 1.45. The topological polar surface area (TPSA) is 119 Å². The summed E-state index contributed by atoms with van der Waals surface area (Å²) in [4.78, 5) is 9.65. The van der Waals surface area contributed by atoms with Crippen molar-refractivity contribution in [3.63, 3.8) is 0 Å². The Hall–Kier alpha value is -0.650. The highest BCUT2D eigenvalue weighted by Crippen LogP contribution is 1.88. The Bertz CT molecular complexity index is 85.0. The van der Waals surface area contributed by atoms with Crippen molar-refractivity contribution in [3.05, 3.63) is 0 Å². The van der Waals surface area contributed by atoms with Gasteiger partial charge in [0.05, 0.1) is 0 Å². The fraction of sp³-hybridized carbons (Fsp3) is 0.667. The smallest absolute Gasteiger partial charge is 0.350 e. The van der Waals surface area contributed by atoms with Crippen LogP contribution in [0.2, 0.25) is 0 Å². The molecule has 50 valence electrons. The van der Waals surface area contributed by atoms with Gasteiger partial charge in [0, 0.05) is 0 Å². The number of aliphatic carboxylic acids is 1. The highest BCUT2D eigenvalue weighted by atomic mass is 16.4. The second-order valence-electron chi connectivity index (χ2n) is 1.45. The lowest BCUT2D eigenvalue weighted by Crippen LogP contribution is -2.44. The lowest BCUT2D eigenvalue weighted by atomic mass is 10.3. The second kappa shape index (κ2) is 2.61. The van der Waals surface area contributed by atoms with Gasteiger partial charge in [-0.05, 0) is 6.92 Å². The van der Waals surface area contributed by atoms with Gasteiger partial charge in [-0.3, -0.25) is 5.73 Å². The molecule has 0 aliphatic heterocycles. The summed E-state index contributed by atoms with van der Waals surface area (Å²) in [6.07, 6.45) is 0. The van der Waals surface area contributed by atoms with E-state index in [-0.39, 0.29) is 6.15 Å². The van der Waals surface area contributed by atoms with Crippen molar-refractivity contribution in [2.45, 2.75) is 12.6 Å². The molecule has 5 nitrogen and oxygen atoms in total. The minimum absolute atomic E-state index is 0. The van der Waals surface area contributed by atoms with Crippen LogP contribution in [-0.4, -0.2) is 21.9 Å². The SMILES string of the molecule is CC(N)(O)C(=O)O.N. The van der Waals surface area contributed by atoms with Crippen LogP contribution in [0.4, 0.5) is 0 Å². The zero-order valence-corrected chi connectivity index (χ0v) is 4.59. The van der Waals surface area contributed by atoms with Crippen LogP contribution >= 0.6 is 0 Å². The van der Waals surface area contributed by atoms with Crippen LogP contribution in [0.3, 0.4) is 0 Å².